The van der Waals surface area contributed by atoms with Crippen molar-refractivity contribution in [3.8, 4) is 0 Å². The number of aromatic nitrogens is 1. The Bertz CT molecular complexity index is 727. The summed E-state index contributed by atoms with van der Waals surface area (Å²) < 4.78 is 5.51. The third-order valence-corrected chi connectivity index (χ3v) is 4.75. The van der Waals surface area contributed by atoms with Crippen LogP contribution in [-0.4, -0.2) is 59.1 Å². The van der Waals surface area contributed by atoms with Crippen molar-refractivity contribution in [2.45, 2.75) is 38.2 Å². The van der Waals surface area contributed by atoms with Crippen molar-refractivity contribution >= 4 is 12.0 Å². The van der Waals surface area contributed by atoms with Gasteiger partial charge in [-0.05, 0) is 30.9 Å². The first-order chi connectivity index (χ1) is 11.3. The SMILES string of the molecule is CC(C)c1ccc(C(=O)N2CCCC3(CN(C)C(=O)O3)C2)c(=O)[nH]1. The molecular formula is C17H23N3O4. The van der Waals surface area contributed by atoms with Crippen LogP contribution in [0.2, 0.25) is 0 Å². The summed E-state index contributed by atoms with van der Waals surface area (Å²) in [7, 11) is 1.69. The van der Waals surface area contributed by atoms with Gasteiger partial charge in [-0.1, -0.05) is 13.8 Å². The zero-order valence-electron chi connectivity index (χ0n) is 14.3. The van der Waals surface area contributed by atoms with Crippen molar-refractivity contribution in [3.63, 3.8) is 0 Å². The molecule has 3 heterocycles. The summed E-state index contributed by atoms with van der Waals surface area (Å²) in [6.07, 6.45) is 1.12. The van der Waals surface area contributed by atoms with E-state index in [-0.39, 0.29) is 29.0 Å². The number of amides is 2. The van der Waals surface area contributed by atoms with E-state index < -0.39 is 5.60 Å². The van der Waals surface area contributed by atoms with Crippen LogP contribution in [0.4, 0.5) is 4.79 Å². The molecule has 7 nitrogen and oxygen atoms in total. The van der Waals surface area contributed by atoms with Crippen molar-refractivity contribution in [1.29, 1.82) is 0 Å². The molecule has 0 aliphatic carbocycles. The number of piperidine rings is 1. The highest BCUT2D eigenvalue weighted by Crippen LogP contribution is 2.31. The molecule has 1 aromatic rings. The molecule has 2 aliphatic heterocycles. The number of rotatable bonds is 2. The Kier molecular flexibility index (Phi) is 4.11. The summed E-state index contributed by atoms with van der Waals surface area (Å²) in [5, 5.41) is 0. The monoisotopic (exact) mass is 333 g/mol. The van der Waals surface area contributed by atoms with Crippen LogP contribution >= 0.6 is 0 Å². The van der Waals surface area contributed by atoms with Gasteiger partial charge in [0, 0.05) is 19.3 Å². The zero-order valence-corrected chi connectivity index (χ0v) is 14.3. The summed E-state index contributed by atoms with van der Waals surface area (Å²) in [5.41, 5.74) is -0.0804. The standard InChI is InChI=1S/C17H23N3O4/c1-11(2)13-6-5-12(14(21)18-13)15(22)20-8-4-7-17(10-20)9-19(3)16(23)24-17/h5-6,11H,4,7-10H2,1-3H3,(H,18,21). The van der Waals surface area contributed by atoms with Crippen molar-refractivity contribution in [1.82, 2.24) is 14.8 Å². The first-order valence-electron chi connectivity index (χ1n) is 8.28. The van der Waals surface area contributed by atoms with Crippen molar-refractivity contribution in [3.05, 3.63) is 33.7 Å². The predicted molar refractivity (Wildman–Crippen MR) is 88.1 cm³/mol. The van der Waals surface area contributed by atoms with E-state index in [9.17, 15) is 14.4 Å². The van der Waals surface area contributed by atoms with Crippen LogP contribution in [0.1, 0.15) is 48.7 Å². The molecule has 1 atom stereocenters. The van der Waals surface area contributed by atoms with Gasteiger partial charge in [-0.15, -0.1) is 0 Å². The highest BCUT2D eigenvalue weighted by atomic mass is 16.6. The van der Waals surface area contributed by atoms with Gasteiger partial charge < -0.3 is 19.5 Å². The van der Waals surface area contributed by atoms with Gasteiger partial charge >= 0.3 is 6.09 Å². The number of hydrogen-bond donors (Lipinski definition) is 1. The second kappa shape index (κ2) is 5.96. The largest absolute Gasteiger partial charge is 0.439 e. The molecular weight excluding hydrogens is 310 g/mol. The van der Waals surface area contributed by atoms with Crippen LogP contribution in [0, 0.1) is 0 Å². The van der Waals surface area contributed by atoms with Crippen LogP contribution in [0.5, 0.6) is 0 Å². The van der Waals surface area contributed by atoms with E-state index in [0.29, 0.717) is 19.6 Å². The number of nitrogens with one attached hydrogen (secondary N) is 1. The molecule has 2 saturated heterocycles. The molecule has 7 heteroatoms. The first kappa shape index (κ1) is 16.5. The molecule has 1 N–H and O–H groups in total. The Morgan fingerprint density at radius 3 is 2.62 bits per heavy atom. The van der Waals surface area contributed by atoms with Gasteiger partial charge in [0.2, 0.25) is 0 Å². The topological polar surface area (TPSA) is 82.7 Å². The fraction of sp³-hybridized carbons (Fsp3) is 0.588. The lowest BCUT2D eigenvalue weighted by molar-refractivity contribution is -0.00528. The number of carbonyl (C=O) groups excluding carboxylic acids is 2. The number of H-pyrrole nitrogens is 1. The van der Waals surface area contributed by atoms with Gasteiger partial charge in [0.1, 0.15) is 11.2 Å². The molecule has 1 spiro atoms. The molecule has 0 saturated carbocycles. The maximum absolute atomic E-state index is 12.8. The van der Waals surface area contributed by atoms with Gasteiger partial charge in [-0.3, -0.25) is 9.59 Å². The molecule has 130 valence electrons. The summed E-state index contributed by atoms with van der Waals surface area (Å²) in [4.78, 5) is 42.6. The number of aromatic amines is 1. The molecule has 24 heavy (non-hydrogen) atoms. The molecule has 2 amide bonds. The third kappa shape index (κ3) is 2.90. The van der Waals surface area contributed by atoms with E-state index >= 15 is 0 Å². The van der Waals surface area contributed by atoms with E-state index in [0.717, 1.165) is 18.5 Å². The summed E-state index contributed by atoms with van der Waals surface area (Å²) in [6, 6.07) is 3.37. The summed E-state index contributed by atoms with van der Waals surface area (Å²) in [6.45, 7) is 5.32. The minimum absolute atomic E-state index is 0.133. The Labute approximate surface area is 140 Å². The average Bonchev–Trinajstić information content (AvgIpc) is 2.80. The number of hydrogen-bond acceptors (Lipinski definition) is 4. The Morgan fingerprint density at radius 2 is 2.04 bits per heavy atom. The maximum atomic E-state index is 12.8. The fourth-order valence-electron chi connectivity index (χ4n) is 3.44. The van der Waals surface area contributed by atoms with Crippen LogP contribution < -0.4 is 5.56 Å². The van der Waals surface area contributed by atoms with E-state index in [1.165, 1.54) is 4.90 Å². The highest BCUT2D eigenvalue weighted by Gasteiger charge is 2.47. The number of nitrogens with zero attached hydrogens (tertiary/aromatic N) is 2. The van der Waals surface area contributed by atoms with Gasteiger partial charge in [0.05, 0.1) is 13.1 Å². The average molecular weight is 333 g/mol. The molecule has 0 aromatic carbocycles. The van der Waals surface area contributed by atoms with Gasteiger partial charge in [0.15, 0.2) is 0 Å². The van der Waals surface area contributed by atoms with Crippen LogP contribution in [0.25, 0.3) is 0 Å². The van der Waals surface area contributed by atoms with E-state index in [2.05, 4.69) is 4.98 Å². The number of likely N-dealkylation sites (tertiary alicyclic amines) is 1. The van der Waals surface area contributed by atoms with E-state index in [1.54, 1.807) is 24.1 Å². The number of pyridine rings is 1. The normalized spacial score (nSPS) is 23.9. The Hall–Kier alpha value is -2.31. The Balaban J connectivity index is 1.80. The maximum Gasteiger partial charge on any atom is 0.410 e. The number of carbonyl (C=O) groups is 2. The third-order valence-electron chi connectivity index (χ3n) is 4.75. The van der Waals surface area contributed by atoms with Crippen molar-refractivity contribution in [2.24, 2.45) is 0 Å². The molecule has 2 aliphatic rings. The van der Waals surface area contributed by atoms with Crippen LogP contribution in [0.3, 0.4) is 0 Å². The van der Waals surface area contributed by atoms with Crippen molar-refractivity contribution < 1.29 is 14.3 Å². The van der Waals surface area contributed by atoms with Crippen LogP contribution in [-0.2, 0) is 4.74 Å². The predicted octanol–water partition coefficient (Wildman–Crippen LogP) is 1.56. The molecule has 3 rings (SSSR count). The minimum atomic E-state index is -0.648. The summed E-state index contributed by atoms with van der Waals surface area (Å²) in [5.74, 6) is -0.121. The molecule has 0 bridgehead atoms. The Morgan fingerprint density at radius 1 is 1.29 bits per heavy atom. The second-order valence-electron chi connectivity index (χ2n) is 7.05. The van der Waals surface area contributed by atoms with E-state index in [4.69, 9.17) is 4.74 Å². The molecule has 1 unspecified atom stereocenters. The lowest BCUT2D eigenvalue weighted by Crippen LogP contribution is -2.53. The number of likely N-dealkylation sites (N-methyl/N-ethyl adjacent to an activating group) is 1. The second-order valence-corrected chi connectivity index (χ2v) is 7.05. The fourth-order valence-corrected chi connectivity index (χ4v) is 3.44. The first-order valence-corrected chi connectivity index (χ1v) is 8.28. The van der Waals surface area contributed by atoms with Gasteiger partial charge in [-0.25, -0.2) is 4.79 Å². The van der Waals surface area contributed by atoms with E-state index in [1.807, 2.05) is 13.8 Å². The molecule has 2 fully saturated rings. The quantitative estimate of drug-likeness (QED) is 0.890. The van der Waals surface area contributed by atoms with Gasteiger partial charge in [0.25, 0.3) is 11.5 Å². The van der Waals surface area contributed by atoms with Crippen molar-refractivity contribution in [2.75, 3.05) is 26.7 Å². The van der Waals surface area contributed by atoms with Gasteiger partial charge in [-0.2, -0.15) is 0 Å². The minimum Gasteiger partial charge on any atom is -0.439 e. The van der Waals surface area contributed by atoms with Crippen LogP contribution in [0.15, 0.2) is 16.9 Å². The zero-order chi connectivity index (χ0) is 17.5. The lowest BCUT2D eigenvalue weighted by Gasteiger charge is -2.38. The highest BCUT2D eigenvalue weighted by molar-refractivity contribution is 5.94. The summed E-state index contributed by atoms with van der Waals surface area (Å²) >= 11 is 0. The smallest absolute Gasteiger partial charge is 0.410 e. The number of ether oxygens (including phenoxy) is 1. The molecule has 1 aromatic heterocycles. The lowest BCUT2D eigenvalue weighted by atomic mass is 9.92. The molecule has 0 radical (unpaired) electrons.